The Labute approximate surface area is 124 Å². The molecule has 2 N–H and O–H groups in total. The van der Waals surface area contributed by atoms with Crippen molar-refractivity contribution in [1.82, 2.24) is 15.0 Å². The van der Waals surface area contributed by atoms with Gasteiger partial charge in [0.2, 0.25) is 5.95 Å². The Kier molecular flexibility index (Phi) is 4.92. The van der Waals surface area contributed by atoms with Crippen LogP contribution in [0.1, 0.15) is 27.2 Å². The molecule has 0 aliphatic heterocycles. The largest absolute Gasteiger partial charge is 0.494 e. The monoisotopic (exact) mass is 288 g/mol. The summed E-state index contributed by atoms with van der Waals surface area (Å²) < 4.78 is 11.0. The first-order valence-corrected chi connectivity index (χ1v) is 7.00. The minimum Gasteiger partial charge on any atom is -0.494 e. The summed E-state index contributed by atoms with van der Waals surface area (Å²) >= 11 is 0. The van der Waals surface area contributed by atoms with Crippen LogP contribution in [-0.4, -0.2) is 27.7 Å². The topological polar surface area (TPSA) is 83.2 Å². The molecule has 1 heterocycles. The standard InChI is InChI=1S/C15H20N4O2/c1-4-9-20-12-7-5-11(6-8-12)13-17-14(16)19-15(18-13)21-10(2)3/h5-8,10H,4,9H2,1-3H3,(H2,16,17,18,19). The molecule has 0 bridgehead atoms. The SMILES string of the molecule is CCCOc1ccc(-c2nc(N)nc(OC(C)C)n2)cc1. The van der Waals surface area contributed by atoms with Crippen LogP contribution in [0.4, 0.5) is 5.95 Å². The van der Waals surface area contributed by atoms with Crippen molar-refractivity contribution in [2.75, 3.05) is 12.3 Å². The molecule has 0 unspecified atom stereocenters. The fourth-order valence-corrected chi connectivity index (χ4v) is 1.68. The second-order valence-corrected chi connectivity index (χ2v) is 4.84. The number of rotatable bonds is 6. The van der Waals surface area contributed by atoms with E-state index >= 15 is 0 Å². The molecule has 1 aromatic carbocycles. The molecular weight excluding hydrogens is 268 g/mol. The summed E-state index contributed by atoms with van der Waals surface area (Å²) in [7, 11) is 0. The van der Waals surface area contributed by atoms with Gasteiger partial charge in [-0.05, 0) is 44.5 Å². The number of hydrogen-bond acceptors (Lipinski definition) is 6. The van der Waals surface area contributed by atoms with Gasteiger partial charge in [0, 0.05) is 5.56 Å². The molecule has 0 fully saturated rings. The highest BCUT2D eigenvalue weighted by Crippen LogP contribution is 2.21. The second kappa shape index (κ2) is 6.88. The fraction of sp³-hybridized carbons (Fsp3) is 0.400. The first-order chi connectivity index (χ1) is 10.1. The van der Waals surface area contributed by atoms with Gasteiger partial charge in [-0.3, -0.25) is 0 Å². The highest BCUT2D eigenvalue weighted by molar-refractivity contribution is 5.57. The van der Waals surface area contributed by atoms with Crippen LogP contribution in [0.3, 0.4) is 0 Å². The number of nitrogen functional groups attached to an aromatic ring is 1. The summed E-state index contributed by atoms with van der Waals surface area (Å²) in [5, 5.41) is 0. The van der Waals surface area contributed by atoms with Gasteiger partial charge in [-0.2, -0.15) is 15.0 Å². The summed E-state index contributed by atoms with van der Waals surface area (Å²) in [5.74, 6) is 1.45. The number of benzene rings is 1. The smallest absolute Gasteiger partial charge is 0.322 e. The van der Waals surface area contributed by atoms with Gasteiger partial charge in [0.25, 0.3) is 0 Å². The molecule has 1 aromatic heterocycles. The first kappa shape index (κ1) is 15.0. The van der Waals surface area contributed by atoms with E-state index in [0.29, 0.717) is 12.4 Å². The zero-order chi connectivity index (χ0) is 15.2. The fourth-order valence-electron chi connectivity index (χ4n) is 1.68. The maximum absolute atomic E-state index is 5.70. The summed E-state index contributed by atoms with van der Waals surface area (Å²) in [6.07, 6.45) is 0.950. The molecule has 21 heavy (non-hydrogen) atoms. The van der Waals surface area contributed by atoms with Crippen molar-refractivity contribution in [2.24, 2.45) is 0 Å². The molecule has 2 rings (SSSR count). The van der Waals surface area contributed by atoms with E-state index in [0.717, 1.165) is 17.7 Å². The lowest BCUT2D eigenvalue weighted by molar-refractivity contribution is 0.222. The molecule has 0 aliphatic rings. The van der Waals surface area contributed by atoms with Crippen LogP contribution in [0.5, 0.6) is 11.8 Å². The van der Waals surface area contributed by atoms with Crippen molar-refractivity contribution in [3.05, 3.63) is 24.3 Å². The van der Waals surface area contributed by atoms with Gasteiger partial charge in [-0.25, -0.2) is 0 Å². The number of aromatic nitrogens is 3. The van der Waals surface area contributed by atoms with E-state index in [9.17, 15) is 0 Å². The molecular formula is C15H20N4O2. The average Bonchev–Trinajstić information content (AvgIpc) is 2.44. The molecule has 2 aromatic rings. The zero-order valence-electron chi connectivity index (χ0n) is 12.5. The van der Waals surface area contributed by atoms with Crippen LogP contribution in [-0.2, 0) is 0 Å². The molecule has 6 nitrogen and oxygen atoms in total. The van der Waals surface area contributed by atoms with Gasteiger partial charge in [0.1, 0.15) is 5.75 Å². The Bertz CT molecular complexity index is 585. The highest BCUT2D eigenvalue weighted by atomic mass is 16.5. The first-order valence-electron chi connectivity index (χ1n) is 7.00. The zero-order valence-corrected chi connectivity index (χ0v) is 12.5. The summed E-state index contributed by atoms with van der Waals surface area (Å²) in [6, 6.07) is 7.78. The Morgan fingerprint density at radius 1 is 1.10 bits per heavy atom. The van der Waals surface area contributed by atoms with E-state index in [4.69, 9.17) is 15.2 Å². The van der Waals surface area contributed by atoms with Crippen molar-refractivity contribution in [3.63, 3.8) is 0 Å². The Morgan fingerprint density at radius 2 is 1.81 bits per heavy atom. The quantitative estimate of drug-likeness (QED) is 0.880. The third-order valence-corrected chi connectivity index (χ3v) is 2.56. The predicted molar refractivity (Wildman–Crippen MR) is 81.2 cm³/mol. The van der Waals surface area contributed by atoms with E-state index in [1.165, 1.54) is 0 Å². The van der Waals surface area contributed by atoms with Gasteiger partial charge < -0.3 is 15.2 Å². The Balaban J connectivity index is 2.22. The van der Waals surface area contributed by atoms with Gasteiger partial charge in [-0.1, -0.05) is 6.92 Å². The van der Waals surface area contributed by atoms with Gasteiger partial charge in [-0.15, -0.1) is 0 Å². The molecule has 0 amide bonds. The maximum Gasteiger partial charge on any atom is 0.322 e. The molecule has 6 heteroatoms. The summed E-state index contributed by atoms with van der Waals surface area (Å²) in [5.41, 5.74) is 6.54. The molecule has 0 spiro atoms. The maximum atomic E-state index is 5.70. The molecule has 0 atom stereocenters. The van der Waals surface area contributed by atoms with Crippen molar-refractivity contribution in [3.8, 4) is 23.1 Å². The number of nitrogens with zero attached hydrogens (tertiary/aromatic N) is 3. The van der Waals surface area contributed by atoms with Crippen LogP contribution in [0.2, 0.25) is 0 Å². The Morgan fingerprint density at radius 3 is 2.43 bits per heavy atom. The molecule has 112 valence electrons. The number of hydrogen-bond donors (Lipinski definition) is 1. The van der Waals surface area contributed by atoms with Crippen molar-refractivity contribution < 1.29 is 9.47 Å². The average molecular weight is 288 g/mol. The van der Waals surface area contributed by atoms with Crippen molar-refractivity contribution in [2.45, 2.75) is 33.3 Å². The number of ether oxygens (including phenoxy) is 2. The lowest BCUT2D eigenvalue weighted by Crippen LogP contribution is -2.11. The van der Waals surface area contributed by atoms with Crippen LogP contribution in [0.25, 0.3) is 11.4 Å². The van der Waals surface area contributed by atoms with E-state index in [1.807, 2.05) is 38.1 Å². The molecule has 0 radical (unpaired) electrons. The second-order valence-electron chi connectivity index (χ2n) is 4.84. The molecule has 0 aliphatic carbocycles. The molecule has 0 saturated heterocycles. The Hall–Kier alpha value is -2.37. The summed E-state index contributed by atoms with van der Waals surface area (Å²) in [4.78, 5) is 12.4. The van der Waals surface area contributed by atoms with E-state index in [2.05, 4.69) is 21.9 Å². The van der Waals surface area contributed by atoms with Gasteiger partial charge in [0.15, 0.2) is 5.82 Å². The number of anilines is 1. The van der Waals surface area contributed by atoms with E-state index in [1.54, 1.807) is 0 Å². The lowest BCUT2D eigenvalue weighted by Gasteiger charge is -2.09. The number of nitrogens with two attached hydrogens (primary N) is 1. The highest BCUT2D eigenvalue weighted by Gasteiger charge is 2.09. The third-order valence-electron chi connectivity index (χ3n) is 2.56. The predicted octanol–water partition coefficient (Wildman–Crippen LogP) is 2.70. The van der Waals surface area contributed by atoms with Gasteiger partial charge in [0.05, 0.1) is 12.7 Å². The third kappa shape index (κ3) is 4.30. The molecule has 0 saturated carbocycles. The van der Waals surface area contributed by atoms with E-state index < -0.39 is 0 Å². The lowest BCUT2D eigenvalue weighted by atomic mass is 10.2. The van der Waals surface area contributed by atoms with Crippen LogP contribution >= 0.6 is 0 Å². The van der Waals surface area contributed by atoms with Crippen molar-refractivity contribution in [1.29, 1.82) is 0 Å². The van der Waals surface area contributed by atoms with E-state index in [-0.39, 0.29) is 18.1 Å². The van der Waals surface area contributed by atoms with Crippen molar-refractivity contribution >= 4 is 5.95 Å². The van der Waals surface area contributed by atoms with Crippen LogP contribution < -0.4 is 15.2 Å². The minimum atomic E-state index is -0.0236. The van der Waals surface area contributed by atoms with Crippen LogP contribution in [0, 0.1) is 0 Å². The van der Waals surface area contributed by atoms with Crippen LogP contribution in [0.15, 0.2) is 24.3 Å². The normalized spacial score (nSPS) is 10.7. The van der Waals surface area contributed by atoms with Gasteiger partial charge >= 0.3 is 6.01 Å². The summed E-state index contributed by atoms with van der Waals surface area (Å²) in [6.45, 7) is 6.57. The minimum absolute atomic E-state index is 0.0236.